The molecule has 2 aromatic heterocycles. The van der Waals surface area contributed by atoms with Crippen molar-refractivity contribution in [3.05, 3.63) is 62.2 Å². The molecule has 2 heterocycles. The second kappa shape index (κ2) is 6.32. The third-order valence-corrected chi connectivity index (χ3v) is 6.82. The minimum absolute atomic E-state index is 0.0111. The molecule has 7 heteroatoms. The molecule has 0 fully saturated rings. The van der Waals surface area contributed by atoms with E-state index >= 15 is 0 Å². The van der Waals surface area contributed by atoms with E-state index in [1.165, 1.54) is 0 Å². The normalized spacial score (nSPS) is 15.5. The molecule has 0 saturated carbocycles. The Morgan fingerprint density at radius 2 is 1.71 bits per heavy atom. The van der Waals surface area contributed by atoms with Crippen LogP contribution in [-0.2, 0) is 6.42 Å². The highest BCUT2D eigenvalue weighted by Crippen LogP contribution is 2.54. The molecule has 1 atom stereocenters. The Bertz CT molecular complexity index is 1220. The third-order valence-electron chi connectivity index (χ3n) is 5.44. The zero-order valence-electron chi connectivity index (χ0n) is 14.8. The van der Waals surface area contributed by atoms with Crippen molar-refractivity contribution in [1.82, 2.24) is 9.97 Å². The average molecular weight is 504 g/mol. The van der Waals surface area contributed by atoms with Crippen LogP contribution in [0.25, 0.3) is 22.0 Å². The monoisotopic (exact) mass is 502 g/mol. The number of benzene rings is 2. The molecule has 0 amide bonds. The first-order valence-corrected chi connectivity index (χ1v) is 10.3. The summed E-state index contributed by atoms with van der Waals surface area (Å²) in [5.74, 6) is 0.554. The lowest BCUT2D eigenvalue weighted by Gasteiger charge is -2.25. The van der Waals surface area contributed by atoms with Crippen molar-refractivity contribution < 1.29 is 14.9 Å². The summed E-state index contributed by atoms with van der Waals surface area (Å²) in [6.45, 7) is 0. The van der Waals surface area contributed by atoms with Gasteiger partial charge >= 0.3 is 0 Å². The van der Waals surface area contributed by atoms with Gasteiger partial charge in [-0.15, -0.1) is 0 Å². The number of aromatic amines is 2. The second-order valence-electron chi connectivity index (χ2n) is 6.89. The van der Waals surface area contributed by atoms with E-state index in [0.29, 0.717) is 17.5 Å². The molecule has 28 heavy (non-hydrogen) atoms. The van der Waals surface area contributed by atoms with Gasteiger partial charge < -0.3 is 19.9 Å². The van der Waals surface area contributed by atoms with Crippen LogP contribution in [0.5, 0.6) is 17.5 Å². The summed E-state index contributed by atoms with van der Waals surface area (Å²) in [4.78, 5) is 6.21. The Kier molecular flexibility index (Phi) is 4.00. The number of aromatic nitrogens is 2. The van der Waals surface area contributed by atoms with E-state index in [1.807, 2.05) is 36.4 Å². The van der Waals surface area contributed by atoms with Gasteiger partial charge in [0.1, 0.15) is 5.75 Å². The molecule has 5 nitrogen and oxygen atoms in total. The summed E-state index contributed by atoms with van der Waals surface area (Å²) >= 11 is 7.30. The predicted molar refractivity (Wildman–Crippen MR) is 115 cm³/mol. The zero-order valence-corrected chi connectivity index (χ0v) is 18.0. The molecule has 4 N–H and O–H groups in total. The SMILES string of the molecule is COc1ccc2[nH]c3c(c2c1)-c1c(O)[nH]c(O)c1C(c1c(Br)cccc1Br)C3. The zero-order chi connectivity index (χ0) is 19.6. The van der Waals surface area contributed by atoms with Gasteiger partial charge in [0.15, 0.2) is 11.8 Å². The number of ether oxygens (including phenoxy) is 1. The second-order valence-corrected chi connectivity index (χ2v) is 8.60. The fourth-order valence-corrected chi connectivity index (χ4v) is 5.82. The van der Waals surface area contributed by atoms with Gasteiger partial charge in [0.25, 0.3) is 0 Å². The van der Waals surface area contributed by atoms with Gasteiger partial charge in [-0.1, -0.05) is 37.9 Å². The lowest BCUT2D eigenvalue weighted by Crippen LogP contribution is -2.12. The van der Waals surface area contributed by atoms with Crippen molar-refractivity contribution in [1.29, 1.82) is 0 Å². The minimum atomic E-state index is -0.139. The van der Waals surface area contributed by atoms with Crippen LogP contribution >= 0.6 is 31.9 Å². The summed E-state index contributed by atoms with van der Waals surface area (Å²) in [7, 11) is 1.63. The summed E-state index contributed by atoms with van der Waals surface area (Å²) in [6, 6.07) is 11.7. The molecule has 1 unspecified atom stereocenters. The molecule has 0 spiro atoms. The third kappa shape index (κ3) is 2.42. The van der Waals surface area contributed by atoms with Crippen molar-refractivity contribution in [2.45, 2.75) is 12.3 Å². The van der Waals surface area contributed by atoms with E-state index in [2.05, 4.69) is 41.8 Å². The highest BCUT2D eigenvalue weighted by atomic mass is 79.9. The van der Waals surface area contributed by atoms with Gasteiger partial charge in [0.05, 0.1) is 12.7 Å². The number of methoxy groups -OCH3 is 1. The summed E-state index contributed by atoms with van der Waals surface area (Å²) in [5, 5.41) is 22.2. The van der Waals surface area contributed by atoms with E-state index in [9.17, 15) is 10.2 Å². The van der Waals surface area contributed by atoms with Gasteiger partial charge in [0, 0.05) is 42.6 Å². The number of H-pyrrole nitrogens is 2. The maximum absolute atomic E-state index is 10.6. The number of hydrogen-bond acceptors (Lipinski definition) is 3. The molecule has 2 aromatic carbocycles. The van der Waals surface area contributed by atoms with Crippen molar-refractivity contribution in [2.24, 2.45) is 0 Å². The highest BCUT2D eigenvalue weighted by Gasteiger charge is 2.36. The number of nitrogens with one attached hydrogen (secondary N) is 2. The van der Waals surface area contributed by atoms with Gasteiger partial charge in [-0.05, 0) is 42.3 Å². The Morgan fingerprint density at radius 1 is 0.964 bits per heavy atom. The van der Waals surface area contributed by atoms with Gasteiger partial charge in [-0.25, -0.2) is 0 Å². The Labute approximate surface area is 177 Å². The van der Waals surface area contributed by atoms with E-state index in [-0.39, 0.29) is 17.7 Å². The molecular weight excluding hydrogens is 488 g/mol. The maximum Gasteiger partial charge on any atom is 0.199 e. The molecule has 0 radical (unpaired) electrons. The van der Waals surface area contributed by atoms with Crippen molar-refractivity contribution >= 4 is 42.8 Å². The molecule has 1 aliphatic rings. The fraction of sp³-hybridized carbons (Fsp3) is 0.143. The van der Waals surface area contributed by atoms with E-state index in [1.54, 1.807) is 7.11 Å². The van der Waals surface area contributed by atoms with Gasteiger partial charge in [-0.2, -0.15) is 0 Å². The van der Waals surface area contributed by atoms with Crippen molar-refractivity contribution in [2.75, 3.05) is 7.11 Å². The Hall–Kier alpha value is -2.38. The largest absolute Gasteiger partial charge is 0.497 e. The first kappa shape index (κ1) is 17.7. The van der Waals surface area contributed by atoms with Crippen LogP contribution in [0.15, 0.2) is 45.3 Å². The average Bonchev–Trinajstić information content (AvgIpc) is 3.17. The first-order chi connectivity index (χ1) is 13.5. The van der Waals surface area contributed by atoms with Gasteiger partial charge in [-0.3, -0.25) is 4.98 Å². The standard InChI is InChI=1S/C21H16Br2N2O3/c1-28-9-5-6-14-10(7-9)17-15(24-14)8-11(16-12(22)3-2-4-13(16)23)18-19(17)21(27)25-20(18)26/h2-7,11,24-27H,8H2,1H3. The van der Waals surface area contributed by atoms with Crippen LogP contribution in [0.4, 0.5) is 0 Å². The Balaban J connectivity index is 1.83. The molecule has 1 aliphatic carbocycles. The van der Waals surface area contributed by atoms with Crippen molar-refractivity contribution in [3.63, 3.8) is 0 Å². The predicted octanol–water partition coefficient (Wildman–Crippen LogP) is 5.80. The molecule has 0 bridgehead atoms. The lowest BCUT2D eigenvalue weighted by atomic mass is 9.79. The quantitative estimate of drug-likeness (QED) is 0.279. The van der Waals surface area contributed by atoms with Crippen LogP contribution in [0.3, 0.4) is 0 Å². The topological polar surface area (TPSA) is 81.3 Å². The molecule has 4 aromatic rings. The summed E-state index contributed by atoms with van der Waals surface area (Å²) in [6.07, 6.45) is 0.658. The van der Waals surface area contributed by atoms with Crippen LogP contribution < -0.4 is 4.74 Å². The van der Waals surface area contributed by atoms with Crippen LogP contribution in [-0.4, -0.2) is 27.3 Å². The molecule has 0 saturated heterocycles. The van der Waals surface area contributed by atoms with Crippen molar-refractivity contribution in [3.8, 4) is 28.6 Å². The highest BCUT2D eigenvalue weighted by molar-refractivity contribution is 9.11. The van der Waals surface area contributed by atoms with Crippen LogP contribution in [0, 0.1) is 0 Å². The number of halogens is 2. The number of aromatic hydroxyl groups is 2. The van der Waals surface area contributed by atoms with Crippen LogP contribution in [0.1, 0.15) is 22.7 Å². The molecule has 0 aliphatic heterocycles. The fourth-order valence-electron chi connectivity index (χ4n) is 4.27. The van der Waals surface area contributed by atoms with E-state index in [4.69, 9.17) is 4.74 Å². The Morgan fingerprint density at radius 3 is 2.43 bits per heavy atom. The minimum Gasteiger partial charge on any atom is -0.497 e. The first-order valence-electron chi connectivity index (χ1n) is 8.76. The number of fused-ring (bicyclic) bond motifs is 5. The molecule has 142 valence electrons. The van der Waals surface area contributed by atoms with Gasteiger partial charge in [0.2, 0.25) is 0 Å². The summed E-state index contributed by atoms with van der Waals surface area (Å²) in [5.41, 5.74) is 5.23. The summed E-state index contributed by atoms with van der Waals surface area (Å²) < 4.78 is 7.27. The number of hydrogen-bond donors (Lipinski definition) is 4. The molecular formula is C21H16Br2N2O3. The molecule has 5 rings (SSSR count). The van der Waals surface area contributed by atoms with E-state index in [0.717, 1.165) is 42.4 Å². The van der Waals surface area contributed by atoms with E-state index < -0.39 is 0 Å². The number of rotatable bonds is 2. The maximum atomic E-state index is 10.6. The smallest absolute Gasteiger partial charge is 0.199 e. The van der Waals surface area contributed by atoms with Crippen LogP contribution in [0.2, 0.25) is 0 Å². The lowest BCUT2D eigenvalue weighted by molar-refractivity contribution is 0.415.